The van der Waals surface area contributed by atoms with Gasteiger partial charge in [0.15, 0.2) is 5.16 Å². The van der Waals surface area contributed by atoms with Crippen molar-refractivity contribution in [1.29, 1.82) is 0 Å². The van der Waals surface area contributed by atoms with E-state index in [9.17, 15) is 4.79 Å². The number of aromatic nitrogens is 2. The highest BCUT2D eigenvalue weighted by Gasteiger charge is 2.50. The van der Waals surface area contributed by atoms with Crippen LogP contribution in [0.4, 0.5) is 0 Å². The molecule has 5 heteroatoms. The number of nitrogens with one attached hydrogen (secondary N) is 1. The molecule has 25 heavy (non-hydrogen) atoms. The Bertz CT molecular complexity index is 827. The fourth-order valence-electron chi connectivity index (χ4n) is 5.13. The molecule has 1 saturated carbocycles. The van der Waals surface area contributed by atoms with Crippen molar-refractivity contribution >= 4 is 28.7 Å². The smallest absolute Gasteiger partial charge is 0.233 e. The van der Waals surface area contributed by atoms with Gasteiger partial charge in [0.2, 0.25) is 5.91 Å². The van der Waals surface area contributed by atoms with Gasteiger partial charge >= 0.3 is 0 Å². The van der Waals surface area contributed by atoms with E-state index in [1.165, 1.54) is 23.7 Å². The Morgan fingerprint density at radius 2 is 2.16 bits per heavy atom. The van der Waals surface area contributed by atoms with Gasteiger partial charge in [-0.1, -0.05) is 38.6 Å². The average molecular weight is 358 g/mol. The summed E-state index contributed by atoms with van der Waals surface area (Å²) in [5.74, 6) is 0.722. The zero-order valence-corrected chi connectivity index (χ0v) is 16.4. The summed E-state index contributed by atoms with van der Waals surface area (Å²) in [6.07, 6.45) is 3.51. The lowest BCUT2D eigenvalue weighted by atomic mass is 9.65. The molecule has 1 saturated heterocycles. The van der Waals surface area contributed by atoms with Gasteiger partial charge in [0.05, 0.1) is 16.8 Å². The second-order valence-electron chi connectivity index (χ2n) is 9.09. The lowest BCUT2D eigenvalue weighted by molar-refractivity contribution is -0.129. The number of imidazole rings is 1. The van der Waals surface area contributed by atoms with Gasteiger partial charge in [-0.15, -0.1) is 0 Å². The summed E-state index contributed by atoms with van der Waals surface area (Å²) in [5, 5.41) is 0.836. The summed E-state index contributed by atoms with van der Waals surface area (Å²) < 4.78 is 0. The minimum absolute atomic E-state index is 0.257. The molecule has 1 amide bonds. The third-order valence-electron chi connectivity index (χ3n) is 5.68. The van der Waals surface area contributed by atoms with E-state index in [1.54, 1.807) is 0 Å². The second kappa shape index (κ2) is 5.76. The number of thioether (sulfide) groups is 1. The maximum absolute atomic E-state index is 12.8. The summed E-state index contributed by atoms with van der Waals surface area (Å²) >= 11 is 1.52. The van der Waals surface area contributed by atoms with E-state index >= 15 is 0 Å². The maximum atomic E-state index is 12.8. The number of amides is 1. The van der Waals surface area contributed by atoms with Crippen molar-refractivity contribution in [2.24, 2.45) is 10.8 Å². The fraction of sp³-hybridized carbons (Fsp3) is 0.600. The van der Waals surface area contributed by atoms with Gasteiger partial charge in [0.1, 0.15) is 0 Å². The first-order chi connectivity index (χ1) is 11.7. The van der Waals surface area contributed by atoms with Crippen molar-refractivity contribution in [1.82, 2.24) is 14.9 Å². The number of carbonyl (C=O) groups excluding carboxylic acids is 1. The number of hydrogen-bond acceptors (Lipinski definition) is 3. The largest absolute Gasteiger partial charge is 0.338 e. The van der Waals surface area contributed by atoms with Crippen molar-refractivity contribution in [2.45, 2.75) is 58.2 Å². The van der Waals surface area contributed by atoms with Crippen LogP contribution in [-0.2, 0) is 4.79 Å². The highest BCUT2D eigenvalue weighted by molar-refractivity contribution is 7.99. The van der Waals surface area contributed by atoms with Crippen LogP contribution in [0.2, 0.25) is 0 Å². The van der Waals surface area contributed by atoms with E-state index in [4.69, 9.17) is 0 Å². The molecule has 134 valence electrons. The van der Waals surface area contributed by atoms with Gasteiger partial charge in [-0.25, -0.2) is 4.98 Å². The van der Waals surface area contributed by atoms with Crippen molar-refractivity contribution < 1.29 is 4.79 Å². The monoisotopic (exact) mass is 357 g/mol. The van der Waals surface area contributed by atoms with E-state index in [0.717, 1.165) is 35.6 Å². The van der Waals surface area contributed by atoms with Crippen molar-refractivity contribution in [3.8, 4) is 0 Å². The molecule has 2 atom stereocenters. The SMILES string of the molecule is Cc1ccc2nc(SCC(=O)N3CC4(C)CC3CC(C)(C)C4)[nH]c2c1. The maximum Gasteiger partial charge on any atom is 0.233 e. The third kappa shape index (κ3) is 3.31. The zero-order valence-electron chi connectivity index (χ0n) is 15.6. The predicted octanol–water partition coefficient (Wildman–Crippen LogP) is 4.39. The van der Waals surface area contributed by atoms with Crippen LogP contribution in [0.3, 0.4) is 0 Å². The molecule has 2 fully saturated rings. The molecular weight excluding hydrogens is 330 g/mol. The van der Waals surface area contributed by atoms with Crippen molar-refractivity contribution in [3.05, 3.63) is 23.8 Å². The van der Waals surface area contributed by atoms with Gasteiger partial charge in [-0.2, -0.15) is 0 Å². The minimum atomic E-state index is 0.257. The molecule has 2 bridgehead atoms. The van der Waals surface area contributed by atoms with Crippen LogP contribution in [0, 0.1) is 17.8 Å². The molecule has 1 N–H and O–H groups in total. The quantitative estimate of drug-likeness (QED) is 0.829. The Balaban J connectivity index is 1.43. The number of aromatic amines is 1. The zero-order chi connectivity index (χ0) is 17.8. The molecule has 0 spiro atoms. The number of hydrogen-bond donors (Lipinski definition) is 1. The molecular formula is C20H27N3OS. The molecule has 1 aliphatic heterocycles. The number of aryl methyl sites for hydroxylation is 1. The van der Waals surface area contributed by atoms with Crippen LogP contribution in [0.25, 0.3) is 11.0 Å². The molecule has 2 heterocycles. The van der Waals surface area contributed by atoms with E-state index in [2.05, 4.69) is 54.7 Å². The molecule has 2 aromatic rings. The summed E-state index contributed by atoms with van der Waals surface area (Å²) in [5.41, 5.74) is 3.86. The Hall–Kier alpha value is -1.49. The molecule has 2 aliphatic rings. The summed E-state index contributed by atoms with van der Waals surface area (Å²) in [4.78, 5) is 22.9. The Morgan fingerprint density at radius 3 is 2.96 bits per heavy atom. The molecule has 4 rings (SSSR count). The fourth-order valence-corrected chi connectivity index (χ4v) is 5.90. The highest BCUT2D eigenvalue weighted by atomic mass is 32.2. The summed E-state index contributed by atoms with van der Waals surface area (Å²) in [6.45, 7) is 10.0. The number of carbonyl (C=O) groups is 1. The van der Waals surface area contributed by atoms with Crippen LogP contribution >= 0.6 is 11.8 Å². The van der Waals surface area contributed by atoms with E-state index in [1.807, 2.05) is 6.07 Å². The molecule has 1 aliphatic carbocycles. The summed E-state index contributed by atoms with van der Waals surface area (Å²) in [6, 6.07) is 6.61. The average Bonchev–Trinajstić information content (AvgIpc) is 3.01. The number of likely N-dealkylation sites (tertiary alicyclic amines) is 1. The number of benzene rings is 1. The number of nitrogens with zero attached hydrogens (tertiary/aromatic N) is 2. The van der Waals surface area contributed by atoms with Crippen molar-refractivity contribution in [2.75, 3.05) is 12.3 Å². The van der Waals surface area contributed by atoms with Crippen LogP contribution < -0.4 is 0 Å². The second-order valence-corrected chi connectivity index (χ2v) is 10.1. The predicted molar refractivity (Wildman–Crippen MR) is 103 cm³/mol. The van der Waals surface area contributed by atoms with E-state index in [0.29, 0.717) is 22.6 Å². The third-order valence-corrected chi connectivity index (χ3v) is 6.54. The first-order valence-corrected chi connectivity index (χ1v) is 10.1. The Labute approximate surface area is 153 Å². The summed E-state index contributed by atoms with van der Waals surface area (Å²) in [7, 11) is 0. The Morgan fingerprint density at radius 1 is 1.36 bits per heavy atom. The lowest BCUT2D eigenvalue weighted by Crippen LogP contribution is -2.38. The molecule has 2 unspecified atom stereocenters. The topological polar surface area (TPSA) is 49.0 Å². The van der Waals surface area contributed by atoms with Gasteiger partial charge in [0.25, 0.3) is 0 Å². The van der Waals surface area contributed by atoms with Crippen LogP contribution in [-0.4, -0.2) is 39.1 Å². The van der Waals surface area contributed by atoms with E-state index in [-0.39, 0.29) is 5.91 Å². The number of H-pyrrole nitrogens is 1. The number of fused-ring (bicyclic) bond motifs is 3. The molecule has 1 aromatic carbocycles. The standard InChI is InChI=1S/C20H27N3OS/c1-13-5-6-15-16(7-13)22-18(21-15)25-10-17(24)23-12-20(4)9-14(23)8-19(2,3)11-20/h5-7,14H,8-12H2,1-4H3,(H,21,22). The van der Waals surface area contributed by atoms with Crippen LogP contribution in [0.1, 0.15) is 45.6 Å². The minimum Gasteiger partial charge on any atom is -0.338 e. The molecule has 4 nitrogen and oxygen atoms in total. The van der Waals surface area contributed by atoms with Crippen molar-refractivity contribution in [3.63, 3.8) is 0 Å². The molecule has 1 aromatic heterocycles. The van der Waals surface area contributed by atoms with Gasteiger partial charge in [-0.3, -0.25) is 4.79 Å². The lowest BCUT2D eigenvalue weighted by Gasteiger charge is -2.39. The van der Waals surface area contributed by atoms with Gasteiger partial charge < -0.3 is 9.88 Å². The first-order valence-electron chi connectivity index (χ1n) is 9.12. The molecule has 0 radical (unpaired) electrons. The highest BCUT2D eigenvalue weighted by Crippen LogP contribution is 2.52. The first kappa shape index (κ1) is 17.0. The number of rotatable bonds is 3. The normalized spacial score (nSPS) is 27.8. The Kier molecular flexibility index (Phi) is 3.91. The van der Waals surface area contributed by atoms with E-state index < -0.39 is 0 Å². The van der Waals surface area contributed by atoms with Gasteiger partial charge in [0, 0.05) is 12.6 Å². The van der Waals surface area contributed by atoms with Crippen LogP contribution in [0.5, 0.6) is 0 Å². The van der Waals surface area contributed by atoms with Gasteiger partial charge in [-0.05, 0) is 54.7 Å². The van der Waals surface area contributed by atoms with Crippen LogP contribution in [0.15, 0.2) is 23.4 Å².